The number of pyridine rings is 1. The van der Waals surface area contributed by atoms with Crippen molar-refractivity contribution in [2.45, 2.75) is 6.42 Å². The number of aromatic nitrogens is 1. The maximum Gasteiger partial charge on any atom is 0.270 e. The summed E-state index contributed by atoms with van der Waals surface area (Å²) in [5.41, 5.74) is 3.59. The van der Waals surface area contributed by atoms with Gasteiger partial charge >= 0.3 is 0 Å². The third-order valence-corrected chi connectivity index (χ3v) is 4.01. The Morgan fingerprint density at radius 3 is 2.41 bits per heavy atom. The predicted octanol–water partition coefficient (Wildman–Crippen LogP) is 3.84. The molecule has 0 fully saturated rings. The molecule has 27 heavy (non-hydrogen) atoms. The number of halogens is 1. The van der Waals surface area contributed by atoms with E-state index in [0.717, 1.165) is 11.1 Å². The summed E-state index contributed by atoms with van der Waals surface area (Å²) in [6.07, 6.45) is 3.97. The first-order chi connectivity index (χ1) is 12.6. The molecule has 3 aromatic rings. The number of hydrogen-bond donors (Lipinski definition) is 1. The van der Waals surface area contributed by atoms with E-state index in [2.05, 4.69) is 4.98 Å². The van der Waals surface area contributed by atoms with Crippen LogP contribution in [0.4, 0.5) is 5.69 Å². The number of benzene rings is 2. The Morgan fingerprint density at radius 1 is 1.00 bits per heavy atom. The van der Waals surface area contributed by atoms with Gasteiger partial charge in [0.2, 0.25) is 0 Å². The number of aliphatic hydroxyl groups excluding tert-OH is 1. The second kappa shape index (κ2) is 9.02. The molecule has 0 saturated carbocycles. The smallest absolute Gasteiger partial charge is 0.270 e. The van der Waals surface area contributed by atoms with Crippen LogP contribution in [0.15, 0.2) is 67.0 Å². The van der Waals surface area contributed by atoms with E-state index in [1.807, 2.05) is 18.2 Å². The van der Waals surface area contributed by atoms with Gasteiger partial charge in [0.05, 0.1) is 4.92 Å². The molecule has 138 valence electrons. The number of carbonyl (C=O) groups excluding carboxylic acids is 1. The minimum Gasteiger partial charge on any atom is -0.388 e. The SMILES string of the molecule is Cl.O=C(CO)c1cc(Cc2ccncc2)cc(-c2cccc([N+](=O)[O-])c2)c1. The predicted molar refractivity (Wildman–Crippen MR) is 104 cm³/mol. The highest BCUT2D eigenvalue weighted by atomic mass is 35.5. The Bertz CT molecular complexity index is 961. The van der Waals surface area contributed by atoms with Crippen molar-refractivity contribution < 1.29 is 14.8 Å². The maximum absolute atomic E-state index is 12.0. The van der Waals surface area contributed by atoms with E-state index < -0.39 is 17.3 Å². The van der Waals surface area contributed by atoms with Crippen molar-refractivity contribution >= 4 is 23.9 Å². The van der Waals surface area contributed by atoms with E-state index in [9.17, 15) is 20.0 Å². The average molecular weight is 385 g/mol. The van der Waals surface area contributed by atoms with Gasteiger partial charge in [0, 0.05) is 30.1 Å². The molecule has 0 unspecified atom stereocenters. The number of ketones is 1. The lowest BCUT2D eigenvalue weighted by Crippen LogP contribution is -2.05. The molecule has 0 bridgehead atoms. The minimum atomic E-state index is -0.590. The average Bonchev–Trinajstić information content (AvgIpc) is 2.68. The van der Waals surface area contributed by atoms with E-state index in [4.69, 9.17) is 0 Å². The van der Waals surface area contributed by atoms with Gasteiger partial charge in [0.15, 0.2) is 5.78 Å². The van der Waals surface area contributed by atoms with E-state index in [1.165, 1.54) is 12.1 Å². The fourth-order valence-corrected chi connectivity index (χ4v) is 2.75. The molecular weight excluding hydrogens is 368 g/mol. The maximum atomic E-state index is 12.0. The molecule has 6 nitrogen and oxygen atoms in total. The highest BCUT2D eigenvalue weighted by Gasteiger charge is 2.12. The monoisotopic (exact) mass is 384 g/mol. The molecular formula is C20H17ClN2O4. The second-order valence-electron chi connectivity index (χ2n) is 5.84. The summed E-state index contributed by atoms with van der Waals surface area (Å²) >= 11 is 0. The van der Waals surface area contributed by atoms with Crippen LogP contribution in [0, 0.1) is 10.1 Å². The van der Waals surface area contributed by atoms with Gasteiger partial charge in [-0.2, -0.15) is 0 Å². The van der Waals surface area contributed by atoms with Crippen molar-refractivity contribution in [2.24, 2.45) is 0 Å². The van der Waals surface area contributed by atoms with Crippen LogP contribution in [-0.4, -0.2) is 27.4 Å². The lowest BCUT2D eigenvalue weighted by molar-refractivity contribution is -0.384. The molecule has 0 aliphatic heterocycles. The summed E-state index contributed by atoms with van der Waals surface area (Å²) in [7, 11) is 0. The third-order valence-electron chi connectivity index (χ3n) is 4.01. The Balaban J connectivity index is 0.00000261. The Hall–Kier alpha value is -3.09. The normalized spacial score (nSPS) is 10.1. The summed E-state index contributed by atoms with van der Waals surface area (Å²) in [5.74, 6) is -0.395. The molecule has 2 aromatic carbocycles. The standard InChI is InChI=1S/C20H16N2O4.ClH/c23-13-20(24)18-10-15(8-14-4-6-21-7-5-14)9-17(11-18)16-2-1-3-19(12-16)22(25)26;/h1-7,9-12,23H,8,13H2;1H. The zero-order valence-electron chi connectivity index (χ0n) is 14.2. The van der Waals surface area contributed by atoms with Gasteiger partial charge in [-0.05, 0) is 52.9 Å². The van der Waals surface area contributed by atoms with Crippen LogP contribution < -0.4 is 0 Å². The molecule has 7 heteroatoms. The van der Waals surface area contributed by atoms with Crippen LogP contribution in [0.3, 0.4) is 0 Å². The number of Topliss-reactive ketones (excluding diaryl/α,β-unsaturated/α-hetero) is 1. The fourth-order valence-electron chi connectivity index (χ4n) is 2.75. The molecule has 0 aliphatic carbocycles. The van der Waals surface area contributed by atoms with Crippen molar-refractivity contribution in [1.29, 1.82) is 0 Å². The highest BCUT2D eigenvalue weighted by molar-refractivity contribution is 5.98. The van der Waals surface area contributed by atoms with Crippen LogP contribution in [0.1, 0.15) is 21.5 Å². The Kier molecular flexibility index (Phi) is 6.76. The summed E-state index contributed by atoms with van der Waals surface area (Å²) in [6, 6.07) is 15.3. The lowest BCUT2D eigenvalue weighted by Gasteiger charge is -2.10. The molecule has 0 radical (unpaired) electrons. The van der Waals surface area contributed by atoms with Crippen molar-refractivity contribution in [1.82, 2.24) is 4.98 Å². The highest BCUT2D eigenvalue weighted by Crippen LogP contribution is 2.27. The molecule has 1 N–H and O–H groups in total. The Labute approximate surface area is 162 Å². The molecule has 1 heterocycles. The van der Waals surface area contributed by atoms with Crippen LogP contribution >= 0.6 is 12.4 Å². The van der Waals surface area contributed by atoms with Gasteiger partial charge in [-0.25, -0.2) is 0 Å². The van der Waals surface area contributed by atoms with Crippen LogP contribution in [0.2, 0.25) is 0 Å². The summed E-state index contributed by atoms with van der Waals surface area (Å²) in [5, 5.41) is 20.2. The first kappa shape index (κ1) is 20.2. The molecule has 1 aromatic heterocycles. The molecule has 0 spiro atoms. The summed E-state index contributed by atoms with van der Waals surface area (Å²) in [6.45, 7) is -0.590. The van der Waals surface area contributed by atoms with Gasteiger partial charge < -0.3 is 5.11 Å². The van der Waals surface area contributed by atoms with Crippen LogP contribution in [-0.2, 0) is 6.42 Å². The lowest BCUT2D eigenvalue weighted by atomic mass is 9.95. The number of aliphatic hydroxyl groups is 1. The van der Waals surface area contributed by atoms with Crippen molar-refractivity contribution in [3.8, 4) is 11.1 Å². The van der Waals surface area contributed by atoms with E-state index in [1.54, 1.807) is 36.7 Å². The molecule has 3 rings (SSSR count). The van der Waals surface area contributed by atoms with Crippen molar-refractivity contribution in [2.75, 3.05) is 6.61 Å². The zero-order chi connectivity index (χ0) is 18.5. The molecule has 0 atom stereocenters. The van der Waals surface area contributed by atoms with Crippen LogP contribution in [0.5, 0.6) is 0 Å². The Morgan fingerprint density at radius 2 is 1.74 bits per heavy atom. The number of nitro groups is 1. The van der Waals surface area contributed by atoms with Crippen molar-refractivity contribution in [3.05, 3.63) is 93.8 Å². The minimum absolute atomic E-state index is 0. The third kappa shape index (κ3) is 4.97. The number of rotatable bonds is 6. The summed E-state index contributed by atoms with van der Waals surface area (Å²) < 4.78 is 0. The molecule has 0 aliphatic rings. The first-order valence-corrected chi connectivity index (χ1v) is 7.98. The van der Waals surface area contributed by atoms with E-state index in [0.29, 0.717) is 23.1 Å². The van der Waals surface area contributed by atoms with Crippen LogP contribution in [0.25, 0.3) is 11.1 Å². The van der Waals surface area contributed by atoms with E-state index in [-0.39, 0.29) is 18.1 Å². The fraction of sp³-hybridized carbons (Fsp3) is 0.100. The molecule has 0 saturated heterocycles. The largest absolute Gasteiger partial charge is 0.388 e. The molecule has 0 amide bonds. The summed E-state index contributed by atoms with van der Waals surface area (Å²) in [4.78, 5) is 26.6. The first-order valence-electron chi connectivity index (χ1n) is 7.98. The van der Waals surface area contributed by atoms with Crippen molar-refractivity contribution in [3.63, 3.8) is 0 Å². The van der Waals surface area contributed by atoms with Gasteiger partial charge in [-0.3, -0.25) is 19.9 Å². The topological polar surface area (TPSA) is 93.3 Å². The van der Waals surface area contributed by atoms with E-state index >= 15 is 0 Å². The quantitative estimate of drug-likeness (QED) is 0.396. The number of nitrogens with zero attached hydrogens (tertiary/aromatic N) is 2. The number of hydrogen-bond acceptors (Lipinski definition) is 5. The number of carbonyl (C=O) groups is 1. The van der Waals surface area contributed by atoms with Gasteiger partial charge in [-0.15, -0.1) is 12.4 Å². The number of nitro benzene ring substituents is 1. The van der Waals surface area contributed by atoms with Gasteiger partial charge in [0.1, 0.15) is 6.61 Å². The number of non-ortho nitro benzene ring substituents is 1. The zero-order valence-corrected chi connectivity index (χ0v) is 15.1. The van der Waals surface area contributed by atoms with Gasteiger partial charge in [0.25, 0.3) is 5.69 Å². The van der Waals surface area contributed by atoms with Gasteiger partial charge in [-0.1, -0.05) is 18.2 Å². The second-order valence-corrected chi connectivity index (χ2v) is 5.84.